The third kappa shape index (κ3) is 5.35. The third-order valence-corrected chi connectivity index (χ3v) is 5.23. The van der Waals surface area contributed by atoms with E-state index in [4.69, 9.17) is 4.74 Å². The number of likely N-dealkylation sites (N-methyl/N-ethyl adjacent to an activating group) is 1. The first-order chi connectivity index (χ1) is 11.3. The molecule has 3 heteroatoms. The van der Waals surface area contributed by atoms with Crippen LogP contribution in [-0.2, 0) is 9.53 Å². The average Bonchev–Trinajstić information content (AvgIpc) is 2.61. The van der Waals surface area contributed by atoms with Crippen LogP contribution in [0.2, 0.25) is 0 Å². The average molecular weight is 318 g/mol. The molecule has 1 unspecified atom stereocenters. The lowest BCUT2D eigenvalue weighted by molar-refractivity contribution is -0.896. The predicted molar refractivity (Wildman–Crippen MR) is 93.6 cm³/mol. The summed E-state index contributed by atoms with van der Waals surface area (Å²) in [6.45, 7) is 7.96. The highest BCUT2D eigenvalue weighted by atomic mass is 16.5. The lowest BCUT2D eigenvalue weighted by atomic mass is 9.77. The molecule has 0 heterocycles. The predicted octanol–water partition coefficient (Wildman–Crippen LogP) is 2.82. The summed E-state index contributed by atoms with van der Waals surface area (Å²) in [6, 6.07) is 10.2. The zero-order chi connectivity index (χ0) is 16.5. The van der Waals surface area contributed by atoms with Crippen molar-refractivity contribution in [3.63, 3.8) is 0 Å². The van der Waals surface area contributed by atoms with Gasteiger partial charge in [0, 0.05) is 0 Å². The van der Waals surface area contributed by atoms with Crippen molar-refractivity contribution >= 4 is 5.97 Å². The van der Waals surface area contributed by atoms with Crippen LogP contribution in [0.4, 0.5) is 0 Å². The third-order valence-electron chi connectivity index (χ3n) is 5.23. The number of quaternary nitrogens is 1. The van der Waals surface area contributed by atoms with Gasteiger partial charge in [0.25, 0.3) is 0 Å². The quantitative estimate of drug-likeness (QED) is 0.747. The highest BCUT2D eigenvalue weighted by Crippen LogP contribution is 2.36. The van der Waals surface area contributed by atoms with E-state index in [1.807, 2.05) is 18.2 Å². The summed E-state index contributed by atoms with van der Waals surface area (Å²) >= 11 is 0. The number of esters is 1. The number of rotatable bonds is 8. The summed E-state index contributed by atoms with van der Waals surface area (Å²) in [5.74, 6) is 0.345. The highest BCUT2D eigenvalue weighted by Gasteiger charge is 2.32. The number of carbonyl (C=O) groups is 1. The number of carbonyl (C=O) groups excluding carboxylic acids is 1. The Hall–Kier alpha value is -1.35. The van der Waals surface area contributed by atoms with Gasteiger partial charge in [-0.15, -0.1) is 0 Å². The summed E-state index contributed by atoms with van der Waals surface area (Å²) in [6.07, 6.45) is 6.08. The molecule has 0 aliphatic heterocycles. The van der Waals surface area contributed by atoms with Gasteiger partial charge in [0.1, 0.15) is 13.2 Å². The van der Waals surface area contributed by atoms with Gasteiger partial charge in [0.05, 0.1) is 19.0 Å². The molecule has 0 aromatic heterocycles. The van der Waals surface area contributed by atoms with E-state index in [9.17, 15) is 4.79 Å². The zero-order valence-electron chi connectivity index (χ0n) is 14.7. The number of hydrogen-bond donors (Lipinski definition) is 1. The Labute approximate surface area is 141 Å². The fourth-order valence-electron chi connectivity index (χ4n) is 3.72. The maximum absolute atomic E-state index is 12.8. The zero-order valence-corrected chi connectivity index (χ0v) is 14.7. The lowest BCUT2D eigenvalue weighted by Crippen LogP contribution is -3.11. The Morgan fingerprint density at radius 1 is 1.13 bits per heavy atom. The van der Waals surface area contributed by atoms with E-state index >= 15 is 0 Å². The van der Waals surface area contributed by atoms with Gasteiger partial charge in [-0.05, 0) is 38.2 Å². The molecule has 1 saturated carbocycles. The standard InChI is InChI=1S/C20H31NO2/c1-3-21(4-2)15-16-23-20(22)19(17-11-7-5-8-12-17)18-13-9-6-10-14-18/h5,7-8,11-12,18-19H,3-4,6,9-10,13-16H2,1-2H3/p+1. The summed E-state index contributed by atoms with van der Waals surface area (Å²) < 4.78 is 5.69. The topological polar surface area (TPSA) is 30.7 Å². The molecule has 1 aliphatic rings. The first-order valence-corrected chi connectivity index (χ1v) is 9.31. The first kappa shape index (κ1) is 18.0. The maximum atomic E-state index is 12.8. The van der Waals surface area contributed by atoms with E-state index < -0.39 is 0 Å². The molecular formula is C20H32NO2+. The minimum Gasteiger partial charge on any atom is -0.459 e. The van der Waals surface area contributed by atoms with Gasteiger partial charge in [-0.25, -0.2) is 0 Å². The Morgan fingerprint density at radius 3 is 2.39 bits per heavy atom. The van der Waals surface area contributed by atoms with Gasteiger partial charge in [0.2, 0.25) is 0 Å². The molecule has 0 radical (unpaired) electrons. The van der Waals surface area contributed by atoms with E-state index in [0.29, 0.717) is 12.5 Å². The van der Waals surface area contributed by atoms with Crippen molar-refractivity contribution in [2.75, 3.05) is 26.2 Å². The van der Waals surface area contributed by atoms with Gasteiger partial charge in [-0.2, -0.15) is 0 Å². The molecule has 3 nitrogen and oxygen atoms in total. The molecule has 23 heavy (non-hydrogen) atoms. The van der Waals surface area contributed by atoms with E-state index in [1.54, 1.807) is 0 Å². The molecule has 0 amide bonds. The van der Waals surface area contributed by atoms with Gasteiger partial charge in [0.15, 0.2) is 0 Å². The normalized spacial score (nSPS) is 17.2. The number of benzene rings is 1. The molecule has 2 rings (SSSR count). The van der Waals surface area contributed by atoms with Crippen molar-refractivity contribution in [2.45, 2.75) is 51.9 Å². The number of hydrogen-bond acceptors (Lipinski definition) is 2. The monoisotopic (exact) mass is 318 g/mol. The minimum absolute atomic E-state index is 0.0188. The van der Waals surface area contributed by atoms with Crippen LogP contribution in [0.15, 0.2) is 30.3 Å². The fraction of sp³-hybridized carbons (Fsp3) is 0.650. The molecule has 1 aliphatic carbocycles. The van der Waals surface area contributed by atoms with Crippen LogP contribution in [0.1, 0.15) is 57.4 Å². The van der Waals surface area contributed by atoms with Crippen LogP contribution >= 0.6 is 0 Å². The van der Waals surface area contributed by atoms with Crippen molar-refractivity contribution in [1.82, 2.24) is 0 Å². The summed E-state index contributed by atoms with van der Waals surface area (Å²) in [5, 5.41) is 0. The van der Waals surface area contributed by atoms with Crippen LogP contribution in [0.5, 0.6) is 0 Å². The van der Waals surface area contributed by atoms with Crippen LogP contribution in [0.3, 0.4) is 0 Å². The fourth-order valence-corrected chi connectivity index (χ4v) is 3.72. The molecule has 128 valence electrons. The molecule has 1 atom stereocenters. The summed E-state index contributed by atoms with van der Waals surface area (Å²) in [5.41, 5.74) is 1.12. The molecule has 1 N–H and O–H groups in total. The minimum atomic E-state index is -0.0804. The Morgan fingerprint density at radius 2 is 1.78 bits per heavy atom. The SMILES string of the molecule is CC[NH+](CC)CCOC(=O)C(c1ccccc1)C1CCCCC1. The molecule has 1 fully saturated rings. The van der Waals surface area contributed by atoms with E-state index in [0.717, 1.165) is 38.0 Å². The molecule has 0 bridgehead atoms. The highest BCUT2D eigenvalue weighted by molar-refractivity contribution is 5.78. The first-order valence-electron chi connectivity index (χ1n) is 9.31. The molecular weight excluding hydrogens is 286 g/mol. The van der Waals surface area contributed by atoms with Crippen LogP contribution in [-0.4, -0.2) is 32.2 Å². The van der Waals surface area contributed by atoms with Crippen LogP contribution in [0.25, 0.3) is 0 Å². The maximum Gasteiger partial charge on any atom is 0.313 e. The van der Waals surface area contributed by atoms with Crippen molar-refractivity contribution in [3.8, 4) is 0 Å². The van der Waals surface area contributed by atoms with Crippen molar-refractivity contribution in [3.05, 3.63) is 35.9 Å². The van der Waals surface area contributed by atoms with E-state index in [-0.39, 0.29) is 11.9 Å². The van der Waals surface area contributed by atoms with Crippen LogP contribution < -0.4 is 4.90 Å². The lowest BCUT2D eigenvalue weighted by Gasteiger charge is -2.29. The Bertz CT molecular complexity index is 450. The number of ether oxygens (including phenoxy) is 1. The molecule has 0 saturated heterocycles. The van der Waals surface area contributed by atoms with Crippen LogP contribution in [0, 0.1) is 5.92 Å². The molecule has 1 aromatic rings. The van der Waals surface area contributed by atoms with Gasteiger partial charge in [-0.1, -0.05) is 49.6 Å². The van der Waals surface area contributed by atoms with Gasteiger partial charge in [-0.3, -0.25) is 4.79 Å². The van der Waals surface area contributed by atoms with Crippen molar-refractivity contribution in [2.24, 2.45) is 5.92 Å². The Balaban J connectivity index is 2.00. The molecule has 1 aromatic carbocycles. The smallest absolute Gasteiger partial charge is 0.313 e. The van der Waals surface area contributed by atoms with Gasteiger partial charge >= 0.3 is 5.97 Å². The molecule has 0 spiro atoms. The van der Waals surface area contributed by atoms with Crippen molar-refractivity contribution < 1.29 is 14.4 Å². The van der Waals surface area contributed by atoms with Gasteiger partial charge < -0.3 is 9.64 Å². The summed E-state index contributed by atoms with van der Waals surface area (Å²) in [7, 11) is 0. The van der Waals surface area contributed by atoms with E-state index in [1.165, 1.54) is 24.2 Å². The van der Waals surface area contributed by atoms with Crippen molar-refractivity contribution in [1.29, 1.82) is 0 Å². The largest absolute Gasteiger partial charge is 0.459 e. The summed E-state index contributed by atoms with van der Waals surface area (Å²) in [4.78, 5) is 14.2. The number of nitrogens with one attached hydrogen (secondary N) is 1. The second-order valence-corrected chi connectivity index (χ2v) is 6.66. The van der Waals surface area contributed by atoms with E-state index in [2.05, 4.69) is 26.0 Å². The Kier molecular flexibility index (Phi) is 7.60. The second kappa shape index (κ2) is 9.71. The second-order valence-electron chi connectivity index (χ2n) is 6.66.